The van der Waals surface area contributed by atoms with E-state index in [4.69, 9.17) is 6.57 Å². The van der Waals surface area contributed by atoms with Crippen molar-refractivity contribution in [1.82, 2.24) is 4.90 Å². The van der Waals surface area contributed by atoms with E-state index in [-0.39, 0.29) is 0 Å². The molecule has 0 aromatic heterocycles. The fraction of sp³-hybridized carbons (Fsp3) is 0.917. The van der Waals surface area contributed by atoms with E-state index < -0.39 is 0 Å². The van der Waals surface area contributed by atoms with Crippen LogP contribution >= 0.6 is 0 Å². The molecule has 14 heavy (non-hydrogen) atoms. The first-order valence-corrected chi connectivity index (χ1v) is 6.01. The Morgan fingerprint density at radius 2 is 1.79 bits per heavy atom. The van der Waals surface area contributed by atoms with Crippen LogP contribution < -0.4 is 0 Å². The summed E-state index contributed by atoms with van der Waals surface area (Å²) in [5.74, 6) is 0. The zero-order chi connectivity index (χ0) is 9.80. The molecule has 1 aliphatic heterocycles. The molecule has 2 fully saturated rings. The zero-order valence-corrected chi connectivity index (χ0v) is 8.91. The molecule has 2 rings (SSSR count). The Bertz CT molecular complexity index is 213. The molecule has 2 nitrogen and oxygen atoms in total. The van der Waals surface area contributed by atoms with Crippen LogP contribution in [0.3, 0.4) is 0 Å². The van der Waals surface area contributed by atoms with Gasteiger partial charge in [-0.05, 0) is 25.8 Å². The molecule has 0 aromatic carbocycles. The molecule has 1 unspecified atom stereocenters. The van der Waals surface area contributed by atoms with Crippen LogP contribution in [0.4, 0.5) is 0 Å². The SMILES string of the molecule is [C-]#[N+]C1CCCN(C2CCCCC2)C1. The van der Waals surface area contributed by atoms with Gasteiger partial charge in [-0.2, -0.15) is 0 Å². The van der Waals surface area contributed by atoms with Gasteiger partial charge in [0, 0.05) is 12.5 Å². The Kier molecular flexibility index (Phi) is 3.42. The number of piperidine rings is 1. The van der Waals surface area contributed by atoms with Gasteiger partial charge in [0.05, 0.1) is 6.54 Å². The Morgan fingerprint density at radius 3 is 2.50 bits per heavy atom. The maximum Gasteiger partial charge on any atom is 0.236 e. The molecule has 0 radical (unpaired) electrons. The summed E-state index contributed by atoms with van der Waals surface area (Å²) in [4.78, 5) is 6.29. The van der Waals surface area contributed by atoms with Crippen LogP contribution in [0, 0.1) is 6.57 Å². The lowest BCUT2D eigenvalue weighted by Crippen LogP contribution is -2.44. The average molecular weight is 192 g/mol. The first-order valence-electron chi connectivity index (χ1n) is 6.01. The molecule has 0 amide bonds. The van der Waals surface area contributed by atoms with E-state index in [1.165, 1.54) is 45.1 Å². The smallest absolute Gasteiger partial charge is 0.236 e. The van der Waals surface area contributed by atoms with Gasteiger partial charge in [0.25, 0.3) is 0 Å². The van der Waals surface area contributed by atoms with Crippen molar-refractivity contribution in [3.8, 4) is 0 Å². The van der Waals surface area contributed by atoms with Gasteiger partial charge in [0.15, 0.2) is 0 Å². The molecule has 78 valence electrons. The van der Waals surface area contributed by atoms with Gasteiger partial charge in [0.1, 0.15) is 0 Å². The lowest BCUT2D eigenvalue weighted by Gasteiger charge is -2.36. The normalized spacial score (nSPS) is 31.2. The number of hydrogen-bond donors (Lipinski definition) is 0. The fourth-order valence-corrected chi connectivity index (χ4v) is 2.87. The van der Waals surface area contributed by atoms with Crippen LogP contribution in [0.1, 0.15) is 44.9 Å². The second-order valence-electron chi connectivity index (χ2n) is 4.71. The van der Waals surface area contributed by atoms with Gasteiger partial charge in [0.2, 0.25) is 6.04 Å². The average Bonchev–Trinajstić information content (AvgIpc) is 2.30. The fourth-order valence-electron chi connectivity index (χ4n) is 2.87. The predicted molar refractivity (Wildman–Crippen MR) is 58.1 cm³/mol. The van der Waals surface area contributed by atoms with Crippen LogP contribution in [-0.4, -0.2) is 30.1 Å². The minimum Gasteiger partial charge on any atom is -0.312 e. The van der Waals surface area contributed by atoms with E-state index in [1.807, 2.05) is 0 Å². The van der Waals surface area contributed by atoms with Crippen LogP contribution in [0.25, 0.3) is 4.85 Å². The van der Waals surface area contributed by atoms with Gasteiger partial charge >= 0.3 is 0 Å². The van der Waals surface area contributed by atoms with Crippen molar-refractivity contribution in [3.63, 3.8) is 0 Å². The van der Waals surface area contributed by atoms with Gasteiger partial charge in [-0.25, -0.2) is 6.57 Å². The highest BCUT2D eigenvalue weighted by atomic mass is 15.2. The van der Waals surface area contributed by atoms with Crippen molar-refractivity contribution in [3.05, 3.63) is 11.4 Å². The van der Waals surface area contributed by atoms with Gasteiger partial charge in [-0.1, -0.05) is 19.3 Å². The van der Waals surface area contributed by atoms with Crippen molar-refractivity contribution in [2.45, 2.75) is 57.0 Å². The molecular formula is C12H20N2. The summed E-state index contributed by atoms with van der Waals surface area (Å²) < 4.78 is 0. The van der Waals surface area contributed by atoms with Crippen molar-refractivity contribution in [2.24, 2.45) is 0 Å². The lowest BCUT2D eigenvalue weighted by molar-refractivity contribution is 0.127. The van der Waals surface area contributed by atoms with Gasteiger partial charge in [-0.3, -0.25) is 4.90 Å². The highest BCUT2D eigenvalue weighted by Gasteiger charge is 2.29. The summed E-state index contributed by atoms with van der Waals surface area (Å²) >= 11 is 0. The van der Waals surface area contributed by atoms with E-state index in [0.29, 0.717) is 6.04 Å². The third kappa shape index (κ3) is 2.27. The molecule has 0 bridgehead atoms. The summed E-state index contributed by atoms with van der Waals surface area (Å²) in [5.41, 5.74) is 0. The standard InChI is InChI=1S/C12H20N2/c1-13-11-6-5-9-14(10-11)12-7-3-2-4-8-12/h11-12H,2-10H2. The van der Waals surface area contributed by atoms with Crippen molar-refractivity contribution < 1.29 is 0 Å². The van der Waals surface area contributed by atoms with Crippen molar-refractivity contribution >= 4 is 0 Å². The first-order chi connectivity index (χ1) is 6.90. The molecule has 0 spiro atoms. The van der Waals surface area contributed by atoms with E-state index in [0.717, 1.165) is 19.0 Å². The summed E-state index contributed by atoms with van der Waals surface area (Å²) in [6, 6.07) is 1.11. The van der Waals surface area contributed by atoms with E-state index in [1.54, 1.807) is 0 Å². The van der Waals surface area contributed by atoms with E-state index in [2.05, 4.69) is 9.74 Å². The van der Waals surface area contributed by atoms with Crippen LogP contribution in [0.15, 0.2) is 0 Å². The lowest BCUT2D eigenvalue weighted by atomic mass is 9.92. The molecule has 1 aliphatic carbocycles. The quantitative estimate of drug-likeness (QED) is 0.580. The van der Waals surface area contributed by atoms with Crippen LogP contribution in [0.2, 0.25) is 0 Å². The minimum atomic E-state index is 0.297. The van der Waals surface area contributed by atoms with E-state index in [9.17, 15) is 0 Å². The summed E-state index contributed by atoms with van der Waals surface area (Å²) in [7, 11) is 0. The summed E-state index contributed by atoms with van der Waals surface area (Å²) in [6.07, 6.45) is 9.37. The Labute approximate surface area is 87.1 Å². The highest BCUT2D eigenvalue weighted by molar-refractivity contribution is 4.89. The molecule has 1 saturated heterocycles. The molecule has 1 heterocycles. The Hall–Kier alpha value is -0.550. The van der Waals surface area contributed by atoms with Crippen LogP contribution in [0.5, 0.6) is 0 Å². The maximum absolute atomic E-state index is 7.10. The molecule has 2 aliphatic rings. The number of rotatable bonds is 1. The molecule has 0 aromatic rings. The predicted octanol–water partition coefficient (Wildman–Crippen LogP) is 2.70. The molecule has 1 saturated carbocycles. The third-order valence-corrected chi connectivity index (χ3v) is 3.70. The minimum absolute atomic E-state index is 0.297. The zero-order valence-electron chi connectivity index (χ0n) is 8.91. The summed E-state index contributed by atoms with van der Waals surface area (Å²) in [6.45, 7) is 9.40. The van der Waals surface area contributed by atoms with Crippen molar-refractivity contribution in [2.75, 3.05) is 13.1 Å². The highest BCUT2D eigenvalue weighted by Crippen LogP contribution is 2.25. The molecule has 1 atom stereocenters. The Morgan fingerprint density at radius 1 is 1.00 bits per heavy atom. The maximum atomic E-state index is 7.10. The summed E-state index contributed by atoms with van der Waals surface area (Å²) in [5, 5.41) is 0. The molecular weight excluding hydrogens is 172 g/mol. The largest absolute Gasteiger partial charge is 0.312 e. The number of likely N-dealkylation sites (tertiary alicyclic amines) is 1. The second kappa shape index (κ2) is 4.79. The first kappa shape index (κ1) is 9.98. The molecule has 0 N–H and O–H groups in total. The van der Waals surface area contributed by atoms with Gasteiger partial charge < -0.3 is 4.85 Å². The number of hydrogen-bond acceptors (Lipinski definition) is 1. The van der Waals surface area contributed by atoms with Gasteiger partial charge in [-0.15, -0.1) is 0 Å². The second-order valence-corrected chi connectivity index (χ2v) is 4.71. The Balaban J connectivity index is 1.87. The monoisotopic (exact) mass is 192 g/mol. The molecule has 2 heteroatoms. The number of nitrogens with zero attached hydrogens (tertiary/aromatic N) is 2. The van der Waals surface area contributed by atoms with E-state index >= 15 is 0 Å². The van der Waals surface area contributed by atoms with Crippen LogP contribution in [-0.2, 0) is 0 Å². The third-order valence-electron chi connectivity index (χ3n) is 3.70. The van der Waals surface area contributed by atoms with Crippen molar-refractivity contribution in [1.29, 1.82) is 0 Å². The topological polar surface area (TPSA) is 7.60 Å².